The van der Waals surface area contributed by atoms with Crippen LogP contribution in [0.5, 0.6) is 0 Å². The number of aryl methyl sites for hydroxylation is 1. The molecule has 0 saturated carbocycles. The predicted octanol–water partition coefficient (Wildman–Crippen LogP) is 4.07. The van der Waals surface area contributed by atoms with Gasteiger partial charge in [-0.15, -0.1) is 11.3 Å². The topological polar surface area (TPSA) is 71.1 Å². The van der Waals surface area contributed by atoms with Gasteiger partial charge in [-0.1, -0.05) is 44.2 Å². The lowest BCUT2D eigenvalue weighted by atomic mass is 10.0. The molecule has 1 atom stereocenters. The van der Waals surface area contributed by atoms with E-state index in [1.807, 2.05) is 63.2 Å². The number of fused-ring (bicyclic) bond motifs is 1. The second-order valence-electron chi connectivity index (χ2n) is 7.26. The van der Waals surface area contributed by atoms with E-state index in [1.54, 1.807) is 17.4 Å². The van der Waals surface area contributed by atoms with Gasteiger partial charge in [0.25, 0.3) is 5.91 Å². The zero-order chi connectivity index (χ0) is 20.1. The summed E-state index contributed by atoms with van der Waals surface area (Å²) in [6.07, 6.45) is 0.573. The molecule has 28 heavy (non-hydrogen) atoms. The Morgan fingerprint density at radius 2 is 1.79 bits per heavy atom. The van der Waals surface area contributed by atoms with Crippen molar-refractivity contribution in [1.82, 2.24) is 15.6 Å². The fourth-order valence-electron chi connectivity index (χ4n) is 3.05. The van der Waals surface area contributed by atoms with Crippen molar-refractivity contribution in [2.45, 2.75) is 39.8 Å². The molecule has 0 fully saturated rings. The van der Waals surface area contributed by atoms with Gasteiger partial charge < -0.3 is 10.6 Å². The minimum Gasteiger partial charge on any atom is -0.348 e. The molecular weight excluding hydrogens is 370 g/mol. The first-order valence-corrected chi connectivity index (χ1v) is 10.2. The fourth-order valence-corrected chi connectivity index (χ4v) is 3.96. The number of aromatic nitrogens is 1. The first kappa shape index (κ1) is 20.0. The lowest BCUT2D eigenvalue weighted by Gasteiger charge is -2.20. The van der Waals surface area contributed by atoms with Gasteiger partial charge in [0.2, 0.25) is 5.91 Å². The summed E-state index contributed by atoms with van der Waals surface area (Å²) >= 11 is 1.56. The zero-order valence-electron chi connectivity index (χ0n) is 16.4. The molecular formula is C22H25N3O2S. The molecule has 3 rings (SSSR count). The molecule has 1 unspecified atom stereocenters. The van der Waals surface area contributed by atoms with E-state index in [4.69, 9.17) is 0 Å². The lowest BCUT2D eigenvalue weighted by Crippen LogP contribution is -2.47. The van der Waals surface area contributed by atoms with E-state index in [-0.39, 0.29) is 17.7 Å². The van der Waals surface area contributed by atoms with Gasteiger partial charge in [-0.3, -0.25) is 9.59 Å². The highest BCUT2D eigenvalue weighted by atomic mass is 32.1. The Morgan fingerprint density at radius 3 is 2.50 bits per heavy atom. The van der Waals surface area contributed by atoms with Crippen molar-refractivity contribution in [1.29, 1.82) is 0 Å². The first-order chi connectivity index (χ1) is 13.4. The maximum absolute atomic E-state index is 12.8. The van der Waals surface area contributed by atoms with Crippen molar-refractivity contribution in [3.8, 4) is 0 Å². The summed E-state index contributed by atoms with van der Waals surface area (Å²) in [5, 5.41) is 6.68. The van der Waals surface area contributed by atoms with Gasteiger partial charge in [0, 0.05) is 5.56 Å². The molecule has 1 heterocycles. The Balaban J connectivity index is 1.67. The van der Waals surface area contributed by atoms with Gasteiger partial charge in [0.05, 0.1) is 16.8 Å². The summed E-state index contributed by atoms with van der Waals surface area (Å²) < 4.78 is 1.10. The number of nitrogens with zero attached hydrogens (tertiary/aromatic N) is 1. The summed E-state index contributed by atoms with van der Waals surface area (Å²) in [7, 11) is 0. The van der Waals surface area contributed by atoms with Crippen LogP contribution in [0, 0.1) is 12.8 Å². The average molecular weight is 396 g/mol. The van der Waals surface area contributed by atoms with Crippen LogP contribution >= 0.6 is 11.3 Å². The monoisotopic (exact) mass is 395 g/mol. The fraction of sp³-hybridized carbons (Fsp3) is 0.318. The zero-order valence-corrected chi connectivity index (χ0v) is 17.2. The van der Waals surface area contributed by atoms with Crippen LogP contribution in [-0.4, -0.2) is 22.8 Å². The van der Waals surface area contributed by atoms with Gasteiger partial charge in [-0.2, -0.15) is 0 Å². The lowest BCUT2D eigenvalue weighted by molar-refractivity contribution is -0.123. The maximum atomic E-state index is 12.8. The SMILES string of the molecule is Cc1ccccc1C(=O)NC(CC(C)C)C(=O)NCc1nc2ccccc2s1. The van der Waals surface area contributed by atoms with Crippen LogP contribution in [0.3, 0.4) is 0 Å². The summed E-state index contributed by atoms with van der Waals surface area (Å²) in [6, 6.07) is 14.7. The van der Waals surface area contributed by atoms with Gasteiger partial charge in [-0.25, -0.2) is 4.98 Å². The molecule has 5 nitrogen and oxygen atoms in total. The summed E-state index contributed by atoms with van der Waals surface area (Å²) in [4.78, 5) is 30.0. The molecule has 0 saturated heterocycles. The van der Waals surface area contributed by atoms with Crippen LogP contribution in [0.2, 0.25) is 0 Å². The number of para-hydroxylation sites is 1. The average Bonchev–Trinajstić information content (AvgIpc) is 3.08. The van der Waals surface area contributed by atoms with Crippen molar-refractivity contribution in [2.75, 3.05) is 0 Å². The quantitative estimate of drug-likeness (QED) is 0.634. The molecule has 0 aliphatic carbocycles. The molecule has 0 spiro atoms. The number of hydrogen-bond acceptors (Lipinski definition) is 4. The summed E-state index contributed by atoms with van der Waals surface area (Å²) in [5.41, 5.74) is 2.41. The number of carbonyl (C=O) groups excluding carboxylic acids is 2. The van der Waals surface area contributed by atoms with Crippen molar-refractivity contribution in [2.24, 2.45) is 5.92 Å². The van der Waals surface area contributed by atoms with E-state index in [0.29, 0.717) is 18.5 Å². The molecule has 0 radical (unpaired) electrons. The highest BCUT2D eigenvalue weighted by Crippen LogP contribution is 2.21. The maximum Gasteiger partial charge on any atom is 0.252 e. The Kier molecular flexibility index (Phi) is 6.41. The molecule has 0 aliphatic rings. The van der Waals surface area contributed by atoms with Crippen LogP contribution in [0.25, 0.3) is 10.2 Å². The number of benzene rings is 2. The van der Waals surface area contributed by atoms with Gasteiger partial charge in [-0.05, 0) is 43.0 Å². The van der Waals surface area contributed by atoms with E-state index in [9.17, 15) is 9.59 Å². The molecule has 1 aromatic heterocycles. The molecule has 146 valence electrons. The minimum atomic E-state index is -0.582. The molecule has 3 aromatic rings. The van der Waals surface area contributed by atoms with Crippen LogP contribution in [0.15, 0.2) is 48.5 Å². The standard InChI is InChI=1S/C22H25N3O2S/c1-14(2)12-18(25-21(26)16-9-5-4-8-15(16)3)22(27)23-13-20-24-17-10-6-7-11-19(17)28-20/h4-11,14,18H,12-13H2,1-3H3,(H,23,27)(H,25,26). The molecule has 6 heteroatoms. The molecule has 2 aromatic carbocycles. The van der Waals surface area contributed by atoms with Crippen LogP contribution in [0.4, 0.5) is 0 Å². The smallest absolute Gasteiger partial charge is 0.252 e. The number of amides is 2. The largest absolute Gasteiger partial charge is 0.348 e. The number of rotatable bonds is 7. The second kappa shape index (κ2) is 8.97. The Morgan fingerprint density at radius 1 is 1.07 bits per heavy atom. The van der Waals surface area contributed by atoms with Crippen molar-refractivity contribution in [3.63, 3.8) is 0 Å². The van der Waals surface area contributed by atoms with Crippen molar-refractivity contribution < 1.29 is 9.59 Å². The Hall–Kier alpha value is -2.73. The van der Waals surface area contributed by atoms with Gasteiger partial charge in [0.15, 0.2) is 0 Å². The third kappa shape index (κ3) is 4.95. The van der Waals surface area contributed by atoms with Crippen LogP contribution < -0.4 is 10.6 Å². The highest BCUT2D eigenvalue weighted by Gasteiger charge is 2.23. The van der Waals surface area contributed by atoms with Crippen molar-refractivity contribution >= 4 is 33.4 Å². The second-order valence-corrected chi connectivity index (χ2v) is 8.38. The van der Waals surface area contributed by atoms with Crippen molar-refractivity contribution in [3.05, 3.63) is 64.7 Å². The van der Waals surface area contributed by atoms with E-state index in [0.717, 1.165) is 20.8 Å². The number of nitrogens with one attached hydrogen (secondary N) is 2. The Labute approximate surface area is 169 Å². The van der Waals surface area contributed by atoms with E-state index in [2.05, 4.69) is 15.6 Å². The Bertz CT molecular complexity index is 948. The van der Waals surface area contributed by atoms with E-state index < -0.39 is 6.04 Å². The molecule has 2 N–H and O–H groups in total. The molecule has 0 bridgehead atoms. The van der Waals surface area contributed by atoms with Gasteiger partial charge in [0.1, 0.15) is 11.0 Å². The molecule has 2 amide bonds. The number of hydrogen-bond donors (Lipinski definition) is 2. The third-order valence-electron chi connectivity index (χ3n) is 4.47. The van der Waals surface area contributed by atoms with E-state index in [1.165, 1.54) is 0 Å². The highest BCUT2D eigenvalue weighted by molar-refractivity contribution is 7.18. The molecule has 0 aliphatic heterocycles. The number of carbonyl (C=O) groups is 2. The third-order valence-corrected chi connectivity index (χ3v) is 5.51. The first-order valence-electron chi connectivity index (χ1n) is 9.42. The predicted molar refractivity (Wildman–Crippen MR) is 113 cm³/mol. The van der Waals surface area contributed by atoms with E-state index >= 15 is 0 Å². The van der Waals surface area contributed by atoms with Crippen LogP contribution in [-0.2, 0) is 11.3 Å². The minimum absolute atomic E-state index is 0.185. The number of thiazole rings is 1. The summed E-state index contributed by atoms with van der Waals surface area (Å²) in [5.74, 6) is -0.135. The van der Waals surface area contributed by atoms with Gasteiger partial charge >= 0.3 is 0 Å². The normalized spacial score (nSPS) is 12.1. The summed E-state index contributed by atoms with van der Waals surface area (Å²) in [6.45, 7) is 6.31. The van der Waals surface area contributed by atoms with Crippen LogP contribution in [0.1, 0.15) is 41.2 Å².